The first-order chi connectivity index (χ1) is 7.81. The Morgan fingerprint density at radius 2 is 2.06 bits per heavy atom. The number of nitrogens with zero attached hydrogens (tertiary/aromatic N) is 2. The summed E-state index contributed by atoms with van der Waals surface area (Å²) in [6.07, 6.45) is 1.46. The molecule has 82 valence electrons. The highest BCUT2D eigenvalue weighted by Gasteiger charge is 2.06. The SMILES string of the molecule is COCc1ccccc1-c1cc(Cl)ncn1. The molecule has 0 unspecified atom stereocenters. The Balaban J connectivity index is 2.46. The van der Waals surface area contributed by atoms with E-state index in [1.165, 1.54) is 6.33 Å². The van der Waals surface area contributed by atoms with E-state index in [1.54, 1.807) is 13.2 Å². The molecule has 3 nitrogen and oxygen atoms in total. The van der Waals surface area contributed by atoms with Gasteiger partial charge < -0.3 is 4.74 Å². The largest absolute Gasteiger partial charge is 0.380 e. The molecule has 4 heteroatoms. The summed E-state index contributed by atoms with van der Waals surface area (Å²) >= 11 is 5.84. The highest BCUT2D eigenvalue weighted by molar-refractivity contribution is 6.29. The molecule has 0 saturated heterocycles. The molecular weight excluding hydrogens is 224 g/mol. The summed E-state index contributed by atoms with van der Waals surface area (Å²) in [5, 5.41) is 0.442. The summed E-state index contributed by atoms with van der Waals surface area (Å²) in [4.78, 5) is 8.07. The van der Waals surface area contributed by atoms with Gasteiger partial charge in [0.05, 0.1) is 12.3 Å². The number of ether oxygens (including phenoxy) is 1. The first-order valence-corrected chi connectivity index (χ1v) is 5.24. The summed E-state index contributed by atoms with van der Waals surface area (Å²) in [7, 11) is 1.67. The summed E-state index contributed by atoms with van der Waals surface area (Å²) in [6, 6.07) is 9.68. The molecule has 0 aliphatic carbocycles. The van der Waals surface area contributed by atoms with Crippen LogP contribution in [0.2, 0.25) is 5.15 Å². The first-order valence-electron chi connectivity index (χ1n) is 4.86. The van der Waals surface area contributed by atoms with E-state index in [0.717, 1.165) is 16.8 Å². The predicted octanol–water partition coefficient (Wildman–Crippen LogP) is 2.94. The molecule has 0 bridgehead atoms. The minimum absolute atomic E-state index is 0.442. The lowest BCUT2D eigenvalue weighted by Gasteiger charge is -2.07. The van der Waals surface area contributed by atoms with E-state index in [9.17, 15) is 0 Å². The molecule has 16 heavy (non-hydrogen) atoms. The van der Waals surface area contributed by atoms with Crippen LogP contribution in [-0.4, -0.2) is 17.1 Å². The Bertz CT molecular complexity index is 488. The standard InChI is InChI=1S/C12H11ClN2O/c1-16-7-9-4-2-3-5-10(9)11-6-12(13)15-8-14-11/h2-6,8H,7H2,1H3. The minimum atomic E-state index is 0.442. The fraction of sp³-hybridized carbons (Fsp3) is 0.167. The van der Waals surface area contributed by atoms with Gasteiger partial charge in [0.15, 0.2) is 0 Å². The van der Waals surface area contributed by atoms with E-state index in [0.29, 0.717) is 11.8 Å². The zero-order valence-electron chi connectivity index (χ0n) is 8.85. The van der Waals surface area contributed by atoms with E-state index in [1.807, 2.05) is 24.3 Å². The van der Waals surface area contributed by atoms with Crippen molar-refractivity contribution in [2.75, 3.05) is 7.11 Å². The number of aromatic nitrogens is 2. The normalized spacial score (nSPS) is 10.4. The molecule has 2 rings (SSSR count). The van der Waals surface area contributed by atoms with Gasteiger partial charge in [-0.2, -0.15) is 0 Å². The summed E-state index contributed by atoms with van der Waals surface area (Å²) < 4.78 is 5.14. The zero-order valence-corrected chi connectivity index (χ0v) is 9.61. The van der Waals surface area contributed by atoms with Gasteiger partial charge in [-0.15, -0.1) is 0 Å². The van der Waals surface area contributed by atoms with Crippen molar-refractivity contribution < 1.29 is 4.74 Å². The van der Waals surface area contributed by atoms with Crippen LogP contribution in [0.4, 0.5) is 0 Å². The van der Waals surface area contributed by atoms with Crippen molar-refractivity contribution >= 4 is 11.6 Å². The molecule has 0 aliphatic heterocycles. The van der Waals surface area contributed by atoms with Gasteiger partial charge in [0, 0.05) is 18.7 Å². The van der Waals surface area contributed by atoms with Crippen molar-refractivity contribution in [3.8, 4) is 11.3 Å². The van der Waals surface area contributed by atoms with Crippen LogP contribution in [0.1, 0.15) is 5.56 Å². The second kappa shape index (κ2) is 5.05. The lowest BCUT2D eigenvalue weighted by Crippen LogP contribution is -1.93. The van der Waals surface area contributed by atoms with Crippen molar-refractivity contribution in [2.24, 2.45) is 0 Å². The monoisotopic (exact) mass is 234 g/mol. The number of rotatable bonds is 3. The molecule has 0 amide bonds. The smallest absolute Gasteiger partial charge is 0.133 e. The first kappa shape index (κ1) is 11.0. The van der Waals surface area contributed by atoms with Gasteiger partial charge in [-0.3, -0.25) is 0 Å². The minimum Gasteiger partial charge on any atom is -0.380 e. The molecule has 1 aromatic heterocycles. The van der Waals surface area contributed by atoms with Gasteiger partial charge in [0.25, 0.3) is 0 Å². The van der Waals surface area contributed by atoms with Crippen LogP contribution < -0.4 is 0 Å². The molecular formula is C12H11ClN2O. The van der Waals surface area contributed by atoms with Gasteiger partial charge >= 0.3 is 0 Å². The van der Waals surface area contributed by atoms with Crippen molar-refractivity contribution in [1.29, 1.82) is 0 Å². The van der Waals surface area contributed by atoms with Crippen LogP contribution in [0, 0.1) is 0 Å². The molecule has 0 radical (unpaired) electrons. The number of hydrogen-bond donors (Lipinski definition) is 0. The quantitative estimate of drug-likeness (QED) is 0.766. The molecule has 0 saturated carbocycles. The average Bonchev–Trinajstić information content (AvgIpc) is 2.30. The second-order valence-electron chi connectivity index (χ2n) is 3.32. The van der Waals surface area contributed by atoms with Crippen LogP contribution in [0.15, 0.2) is 36.7 Å². The maximum atomic E-state index is 5.84. The fourth-order valence-electron chi connectivity index (χ4n) is 1.53. The Hall–Kier alpha value is -1.45. The Kier molecular flexibility index (Phi) is 3.49. The van der Waals surface area contributed by atoms with E-state index < -0.39 is 0 Å². The molecule has 2 aromatic rings. The third-order valence-corrected chi connectivity index (χ3v) is 2.43. The molecule has 1 aromatic carbocycles. The van der Waals surface area contributed by atoms with E-state index in [4.69, 9.17) is 16.3 Å². The summed E-state index contributed by atoms with van der Waals surface area (Å²) in [6.45, 7) is 0.553. The Morgan fingerprint density at radius 3 is 2.81 bits per heavy atom. The topological polar surface area (TPSA) is 35.0 Å². The zero-order chi connectivity index (χ0) is 11.4. The van der Waals surface area contributed by atoms with Crippen LogP contribution in [-0.2, 0) is 11.3 Å². The van der Waals surface area contributed by atoms with Crippen LogP contribution >= 0.6 is 11.6 Å². The third kappa shape index (κ3) is 2.38. The predicted molar refractivity (Wildman–Crippen MR) is 63.2 cm³/mol. The van der Waals surface area contributed by atoms with E-state index >= 15 is 0 Å². The lowest BCUT2D eigenvalue weighted by atomic mass is 10.1. The van der Waals surface area contributed by atoms with Crippen LogP contribution in [0.3, 0.4) is 0 Å². The number of benzene rings is 1. The van der Waals surface area contributed by atoms with Crippen LogP contribution in [0.25, 0.3) is 11.3 Å². The highest BCUT2D eigenvalue weighted by atomic mass is 35.5. The number of methoxy groups -OCH3 is 1. The third-order valence-electron chi connectivity index (χ3n) is 2.23. The van der Waals surface area contributed by atoms with Crippen molar-refractivity contribution in [1.82, 2.24) is 9.97 Å². The second-order valence-corrected chi connectivity index (χ2v) is 3.70. The van der Waals surface area contributed by atoms with Crippen LogP contribution in [0.5, 0.6) is 0 Å². The van der Waals surface area contributed by atoms with Crippen molar-refractivity contribution in [3.63, 3.8) is 0 Å². The number of hydrogen-bond acceptors (Lipinski definition) is 3. The highest BCUT2D eigenvalue weighted by Crippen LogP contribution is 2.23. The van der Waals surface area contributed by atoms with Crippen molar-refractivity contribution in [3.05, 3.63) is 47.4 Å². The summed E-state index contributed by atoms with van der Waals surface area (Å²) in [5.74, 6) is 0. The molecule has 0 fully saturated rings. The Morgan fingerprint density at radius 1 is 1.25 bits per heavy atom. The van der Waals surface area contributed by atoms with Gasteiger partial charge in [-0.25, -0.2) is 9.97 Å². The molecule has 0 spiro atoms. The number of halogens is 1. The molecule has 0 atom stereocenters. The maximum absolute atomic E-state index is 5.84. The van der Waals surface area contributed by atoms with E-state index in [2.05, 4.69) is 9.97 Å². The Labute approximate surface area is 99.1 Å². The van der Waals surface area contributed by atoms with E-state index in [-0.39, 0.29) is 0 Å². The fourth-order valence-corrected chi connectivity index (χ4v) is 1.68. The maximum Gasteiger partial charge on any atom is 0.133 e. The van der Waals surface area contributed by atoms with Crippen molar-refractivity contribution in [2.45, 2.75) is 6.61 Å². The van der Waals surface area contributed by atoms with Gasteiger partial charge in [-0.1, -0.05) is 35.9 Å². The van der Waals surface area contributed by atoms with Gasteiger partial charge in [-0.05, 0) is 5.56 Å². The molecule has 0 N–H and O–H groups in total. The average molecular weight is 235 g/mol. The van der Waals surface area contributed by atoms with Gasteiger partial charge in [0.1, 0.15) is 11.5 Å². The van der Waals surface area contributed by atoms with Gasteiger partial charge in [0.2, 0.25) is 0 Å². The summed E-state index contributed by atoms with van der Waals surface area (Å²) in [5.41, 5.74) is 2.92. The molecule has 0 aliphatic rings. The lowest BCUT2D eigenvalue weighted by molar-refractivity contribution is 0.185. The molecule has 1 heterocycles.